The normalized spacial score (nSPS) is 18.6. The van der Waals surface area contributed by atoms with E-state index >= 15 is 0 Å². The third-order valence-electron chi connectivity index (χ3n) is 5.87. The van der Waals surface area contributed by atoms with Crippen molar-refractivity contribution < 1.29 is 14.3 Å². The van der Waals surface area contributed by atoms with Crippen LogP contribution in [-0.2, 0) is 11.3 Å². The number of para-hydroxylation sites is 1. The fraction of sp³-hybridized carbons (Fsp3) is 0.417. The number of carbonyl (C=O) groups excluding carboxylic acids is 2. The van der Waals surface area contributed by atoms with Gasteiger partial charge in [0.15, 0.2) is 0 Å². The molecule has 158 valence electrons. The minimum absolute atomic E-state index is 0.133. The van der Waals surface area contributed by atoms with Gasteiger partial charge in [0.25, 0.3) is 0 Å². The first-order valence-electron chi connectivity index (χ1n) is 10.7. The third-order valence-corrected chi connectivity index (χ3v) is 5.87. The van der Waals surface area contributed by atoms with Crippen molar-refractivity contribution >= 4 is 17.6 Å². The van der Waals surface area contributed by atoms with Gasteiger partial charge in [-0.1, -0.05) is 30.3 Å². The minimum atomic E-state index is -0.140. The van der Waals surface area contributed by atoms with Gasteiger partial charge in [0.1, 0.15) is 5.75 Å². The second-order valence-electron chi connectivity index (χ2n) is 8.13. The molecule has 1 heterocycles. The molecular formula is C24H29N3O3. The lowest BCUT2D eigenvalue weighted by molar-refractivity contribution is -0.138. The molecule has 2 aliphatic rings. The molecule has 2 aromatic carbocycles. The van der Waals surface area contributed by atoms with E-state index in [1.807, 2.05) is 59.5 Å². The summed E-state index contributed by atoms with van der Waals surface area (Å²) < 4.78 is 5.23. The highest BCUT2D eigenvalue weighted by atomic mass is 16.5. The predicted octanol–water partition coefficient (Wildman–Crippen LogP) is 4.13. The number of ether oxygens (including phenoxy) is 1. The topological polar surface area (TPSA) is 61.9 Å². The van der Waals surface area contributed by atoms with E-state index in [-0.39, 0.29) is 17.9 Å². The van der Waals surface area contributed by atoms with Crippen LogP contribution in [-0.4, -0.2) is 48.0 Å². The number of benzene rings is 2. The van der Waals surface area contributed by atoms with Crippen LogP contribution in [0.25, 0.3) is 0 Å². The molecule has 30 heavy (non-hydrogen) atoms. The maximum absolute atomic E-state index is 13.4. The Balaban J connectivity index is 1.39. The second-order valence-corrected chi connectivity index (χ2v) is 8.13. The van der Waals surface area contributed by atoms with Gasteiger partial charge in [0, 0.05) is 31.4 Å². The van der Waals surface area contributed by atoms with Gasteiger partial charge in [-0.25, -0.2) is 4.79 Å². The Morgan fingerprint density at radius 1 is 1.07 bits per heavy atom. The molecule has 1 atom stereocenters. The summed E-state index contributed by atoms with van der Waals surface area (Å²) in [4.78, 5) is 29.9. The number of rotatable bonds is 6. The zero-order valence-electron chi connectivity index (χ0n) is 17.4. The van der Waals surface area contributed by atoms with Crippen molar-refractivity contribution in [2.75, 3.05) is 25.5 Å². The van der Waals surface area contributed by atoms with E-state index < -0.39 is 0 Å². The number of anilines is 1. The molecule has 0 radical (unpaired) electrons. The summed E-state index contributed by atoms with van der Waals surface area (Å²) in [6.07, 6.45) is 3.80. The van der Waals surface area contributed by atoms with Crippen molar-refractivity contribution in [2.24, 2.45) is 5.92 Å². The van der Waals surface area contributed by atoms with Crippen LogP contribution in [0, 0.1) is 5.92 Å². The lowest BCUT2D eigenvalue weighted by Gasteiger charge is -2.35. The van der Waals surface area contributed by atoms with E-state index in [1.54, 1.807) is 12.0 Å². The Kier molecular flexibility index (Phi) is 6.21. The Morgan fingerprint density at radius 3 is 2.47 bits per heavy atom. The van der Waals surface area contributed by atoms with Gasteiger partial charge in [-0.05, 0) is 55.5 Å². The maximum Gasteiger partial charge on any atom is 0.321 e. The van der Waals surface area contributed by atoms with Crippen LogP contribution in [0.4, 0.5) is 10.5 Å². The highest BCUT2D eigenvalue weighted by Crippen LogP contribution is 2.32. The molecule has 2 aromatic rings. The Hall–Kier alpha value is -3.02. The summed E-state index contributed by atoms with van der Waals surface area (Å²) in [6, 6.07) is 17.5. The van der Waals surface area contributed by atoms with Crippen LogP contribution >= 0.6 is 0 Å². The fourth-order valence-corrected chi connectivity index (χ4v) is 4.02. The smallest absolute Gasteiger partial charge is 0.321 e. The highest BCUT2D eigenvalue weighted by molar-refractivity contribution is 5.90. The second kappa shape index (κ2) is 9.20. The molecule has 1 saturated heterocycles. The third kappa shape index (κ3) is 4.93. The molecular weight excluding hydrogens is 378 g/mol. The number of nitrogens with one attached hydrogen (secondary N) is 1. The molecule has 1 aliphatic heterocycles. The van der Waals surface area contributed by atoms with Gasteiger partial charge in [-0.3, -0.25) is 4.79 Å². The summed E-state index contributed by atoms with van der Waals surface area (Å²) >= 11 is 0. The SMILES string of the molecule is COc1ccc(CN(C(=O)[C@@H]2CCCN(C(=O)Nc3ccccc3)C2)C2CC2)cc1. The molecule has 4 rings (SSSR count). The summed E-state index contributed by atoms with van der Waals surface area (Å²) in [5, 5.41) is 2.94. The number of hydrogen-bond acceptors (Lipinski definition) is 3. The number of methoxy groups -OCH3 is 1. The van der Waals surface area contributed by atoms with Gasteiger partial charge in [-0.2, -0.15) is 0 Å². The van der Waals surface area contributed by atoms with Crippen molar-refractivity contribution in [3.63, 3.8) is 0 Å². The summed E-state index contributed by atoms with van der Waals surface area (Å²) in [6.45, 7) is 1.77. The minimum Gasteiger partial charge on any atom is -0.497 e. The van der Waals surface area contributed by atoms with Crippen molar-refractivity contribution in [3.8, 4) is 5.75 Å². The Morgan fingerprint density at radius 2 is 1.80 bits per heavy atom. The molecule has 6 heteroatoms. The largest absolute Gasteiger partial charge is 0.497 e. The van der Waals surface area contributed by atoms with Crippen molar-refractivity contribution in [3.05, 3.63) is 60.2 Å². The lowest BCUT2D eigenvalue weighted by atomic mass is 9.96. The van der Waals surface area contributed by atoms with Crippen LogP contribution in [0.5, 0.6) is 5.75 Å². The molecule has 1 saturated carbocycles. The first kappa shape index (κ1) is 20.3. The molecule has 1 aliphatic carbocycles. The van der Waals surface area contributed by atoms with Gasteiger partial charge in [0.2, 0.25) is 5.91 Å². The van der Waals surface area contributed by atoms with E-state index in [9.17, 15) is 9.59 Å². The van der Waals surface area contributed by atoms with Crippen LogP contribution in [0.3, 0.4) is 0 Å². The molecule has 6 nitrogen and oxygen atoms in total. The van der Waals surface area contributed by atoms with E-state index in [1.165, 1.54) is 0 Å². The quantitative estimate of drug-likeness (QED) is 0.783. The Labute approximate surface area is 177 Å². The number of urea groups is 1. The molecule has 1 N–H and O–H groups in total. The zero-order chi connectivity index (χ0) is 20.9. The van der Waals surface area contributed by atoms with Crippen LogP contribution < -0.4 is 10.1 Å². The van der Waals surface area contributed by atoms with Crippen molar-refractivity contribution in [1.82, 2.24) is 9.80 Å². The van der Waals surface area contributed by atoms with E-state index in [2.05, 4.69) is 5.32 Å². The summed E-state index contributed by atoms with van der Waals surface area (Å²) in [7, 11) is 1.65. The number of amides is 3. The van der Waals surface area contributed by atoms with Crippen molar-refractivity contribution in [1.29, 1.82) is 0 Å². The maximum atomic E-state index is 13.4. The molecule has 3 amide bonds. The number of piperidine rings is 1. The zero-order valence-corrected chi connectivity index (χ0v) is 17.4. The number of hydrogen-bond donors (Lipinski definition) is 1. The van der Waals surface area contributed by atoms with Gasteiger partial charge in [0.05, 0.1) is 13.0 Å². The van der Waals surface area contributed by atoms with E-state index in [4.69, 9.17) is 4.74 Å². The standard InChI is InChI=1S/C24H29N3O3/c1-30-22-13-9-18(10-14-22)16-27(21-11-12-21)23(28)19-6-5-15-26(17-19)24(29)25-20-7-3-2-4-8-20/h2-4,7-10,13-14,19,21H,5-6,11-12,15-17H2,1H3,(H,25,29)/t19-/m1/s1. The summed E-state index contributed by atoms with van der Waals surface area (Å²) in [5.41, 5.74) is 1.88. The number of nitrogens with zero attached hydrogens (tertiary/aromatic N) is 2. The Bertz CT molecular complexity index is 865. The van der Waals surface area contributed by atoms with Crippen LogP contribution in [0.1, 0.15) is 31.2 Å². The molecule has 0 spiro atoms. The lowest BCUT2D eigenvalue weighted by Crippen LogP contribution is -2.48. The van der Waals surface area contributed by atoms with E-state index in [0.29, 0.717) is 25.7 Å². The highest BCUT2D eigenvalue weighted by Gasteiger charge is 2.38. The predicted molar refractivity (Wildman–Crippen MR) is 116 cm³/mol. The first-order valence-corrected chi connectivity index (χ1v) is 10.7. The van der Waals surface area contributed by atoms with Gasteiger partial charge < -0.3 is 19.9 Å². The first-order chi connectivity index (χ1) is 14.6. The average molecular weight is 408 g/mol. The van der Waals surface area contributed by atoms with Gasteiger partial charge >= 0.3 is 6.03 Å². The van der Waals surface area contributed by atoms with Crippen molar-refractivity contribution in [2.45, 2.75) is 38.3 Å². The monoisotopic (exact) mass is 407 g/mol. The van der Waals surface area contributed by atoms with Crippen LogP contribution in [0.15, 0.2) is 54.6 Å². The van der Waals surface area contributed by atoms with Crippen LogP contribution in [0.2, 0.25) is 0 Å². The molecule has 0 bridgehead atoms. The molecule has 2 fully saturated rings. The number of likely N-dealkylation sites (tertiary alicyclic amines) is 1. The van der Waals surface area contributed by atoms with Gasteiger partial charge in [-0.15, -0.1) is 0 Å². The van der Waals surface area contributed by atoms with E-state index in [0.717, 1.165) is 42.7 Å². The molecule has 0 unspecified atom stereocenters. The average Bonchev–Trinajstić information content (AvgIpc) is 3.63. The summed E-state index contributed by atoms with van der Waals surface area (Å²) in [5.74, 6) is 0.847. The molecule has 0 aromatic heterocycles. The number of carbonyl (C=O) groups is 2. The fourth-order valence-electron chi connectivity index (χ4n) is 4.02.